The Bertz CT molecular complexity index is 459. The third-order valence-electron chi connectivity index (χ3n) is 2.93. The van der Waals surface area contributed by atoms with Crippen LogP contribution in [0.15, 0.2) is 12.8 Å². The molecule has 0 aromatic carbocycles. The summed E-state index contributed by atoms with van der Waals surface area (Å²) in [7, 11) is -8.41. The van der Waals surface area contributed by atoms with E-state index in [0.717, 1.165) is 18.7 Å². The molecule has 1 atom stereocenters. The highest BCUT2D eigenvalue weighted by atomic mass is 28.5. The summed E-state index contributed by atoms with van der Waals surface area (Å²) in [6, 6.07) is 0.739. The van der Waals surface area contributed by atoms with Gasteiger partial charge in [0, 0.05) is 6.04 Å². The molecule has 0 heterocycles. The maximum absolute atomic E-state index is 11.3. The highest BCUT2D eigenvalue weighted by Gasteiger charge is 2.49. The zero-order valence-corrected chi connectivity index (χ0v) is 23.4. The molecule has 1 unspecified atom stereocenters. The predicted octanol–water partition coefficient (Wildman–Crippen LogP) is 5.10. The summed E-state index contributed by atoms with van der Waals surface area (Å²) in [5.41, 5.74) is 0. The maximum Gasteiger partial charge on any atom is 0.514 e. The first-order valence-electron chi connectivity index (χ1n) is 9.79. The van der Waals surface area contributed by atoms with Crippen molar-refractivity contribution in [2.24, 2.45) is 0 Å². The molecule has 28 heavy (non-hydrogen) atoms. The van der Waals surface area contributed by atoms with Gasteiger partial charge < -0.3 is 21.8 Å². The lowest BCUT2D eigenvalue weighted by Gasteiger charge is -2.43. The van der Waals surface area contributed by atoms with Crippen LogP contribution in [0.1, 0.15) is 13.3 Å². The van der Waals surface area contributed by atoms with E-state index < -0.39 is 46.1 Å². The quantitative estimate of drug-likeness (QED) is 0.133. The number of hydrogen-bond acceptors (Lipinski definition) is 7. The van der Waals surface area contributed by atoms with Crippen LogP contribution in [0.25, 0.3) is 0 Å². The van der Waals surface area contributed by atoms with Crippen molar-refractivity contribution in [1.82, 2.24) is 5.32 Å². The van der Waals surface area contributed by atoms with Crippen molar-refractivity contribution in [3.63, 3.8) is 0 Å². The highest BCUT2D eigenvalue weighted by Crippen LogP contribution is 2.29. The van der Waals surface area contributed by atoms with Crippen molar-refractivity contribution in [2.75, 3.05) is 6.54 Å². The van der Waals surface area contributed by atoms with Gasteiger partial charge in [0.1, 0.15) is 0 Å². The first-order chi connectivity index (χ1) is 12.5. The second kappa shape index (κ2) is 11.2. The molecule has 0 saturated carbocycles. The SMILES string of the molecule is C=COC(=O)OC(C)NCCC[Si](O[Si](C)(C)C)(O[Si](C)(C)C)O[Si](C)(C)C. The van der Waals surface area contributed by atoms with Crippen LogP contribution in [0, 0.1) is 0 Å². The van der Waals surface area contributed by atoms with Crippen LogP contribution in [0.4, 0.5) is 4.79 Å². The summed E-state index contributed by atoms with van der Waals surface area (Å²) in [6.07, 6.45) is 0.613. The Balaban J connectivity index is 5.09. The van der Waals surface area contributed by atoms with Gasteiger partial charge in [-0.25, -0.2) is 4.79 Å². The summed E-state index contributed by atoms with van der Waals surface area (Å²) < 4.78 is 29.5. The van der Waals surface area contributed by atoms with E-state index >= 15 is 0 Å². The number of ether oxygens (including phenoxy) is 2. The molecule has 0 bridgehead atoms. The third-order valence-corrected chi connectivity index (χ3v) is 15.0. The average molecular weight is 468 g/mol. The largest absolute Gasteiger partial charge is 0.514 e. The van der Waals surface area contributed by atoms with E-state index in [2.05, 4.69) is 75.6 Å². The molecule has 11 heteroatoms. The second-order valence-electron chi connectivity index (χ2n) is 9.68. The van der Waals surface area contributed by atoms with Crippen molar-refractivity contribution >= 4 is 39.9 Å². The highest BCUT2D eigenvalue weighted by molar-refractivity contribution is 6.90. The van der Waals surface area contributed by atoms with Crippen LogP contribution in [-0.4, -0.2) is 52.7 Å². The number of carbonyl (C=O) groups excluding carboxylic acids is 1. The minimum Gasteiger partial charge on any atom is -0.417 e. The molecule has 0 aromatic rings. The lowest BCUT2D eigenvalue weighted by atomic mass is 10.4. The van der Waals surface area contributed by atoms with Gasteiger partial charge in [-0.3, -0.25) is 5.32 Å². The van der Waals surface area contributed by atoms with Crippen molar-refractivity contribution in [3.8, 4) is 0 Å². The lowest BCUT2D eigenvalue weighted by molar-refractivity contribution is 0.0405. The monoisotopic (exact) mass is 467 g/mol. The first kappa shape index (κ1) is 27.7. The van der Waals surface area contributed by atoms with Gasteiger partial charge in [-0.1, -0.05) is 6.58 Å². The topological polar surface area (TPSA) is 75.3 Å². The van der Waals surface area contributed by atoms with Crippen molar-refractivity contribution in [1.29, 1.82) is 0 Å². The van der Waals surface area contributed by atoms with Gasteiger partial charge in [0.15, 0.2) is 31.2 Å². The molecule has 166 valence electrons. The molecular formula is C17H41NO6Si4. The Morgan fingerprint density at radius 3 is 1.71 bits per heavy atom. The first-order valence-corrected chi connectivity index (χ1v) is 21.9. The standard InChI is InChI=1S/C17H41NO6Si4/c1-12-20-17(19)21-16(2)18-14-13-15-28(22-25(3,4)5,23-26(6,7)8)24-27(9,10)11/h12,16,18H,1,13-15H2,2-11H3. The summed E-state index contributed by atoms with van der Waals surface area (Å²) >= 11 is 0. The summed E-state index contributed by atoms with van der Waals surface area (Å²) in [5, 5.41) is 3.17. The molecule has 0 fully saturated rings. The van der Waals surface area contributed by atoms with E-state index in [4.69, 9.17) is 17.1 Å². The molecule has 0 aliphatic heterocycles. The van der Waals surface area contributed by atoms with Crippen molar-refractivity contribution in [3.05, 3.63) is 12.8 Å². The minimum atomic E-state index is -2.82. The maximum atomic E-state index is 11.3. The van der Waals surface area contributed by atoms with Crippen molar-refractivity contribution in [2.45, 2.75) is 84.5 Å². The molecule has 0 radical (unpaired) electrons. The fourth-order valence-electron chi connectivity index (χ4n) is 2.51. The van der Waals surface area contributed by atoms with Gasteiger partial charge in [-0.15, -0.1) is 0 Å². The van der Waals surface area contributed by atoms with Gasteiger partial charge in [-0.05, 0) is 78.8 Å². The molecule has 0 aliphatic carbocycles. The number of rotatable bonds is 13. The van der Waals surface area contributed by atoms with Gasteiger partial charge in [0.05, 0.1) is 6.26 Å². The number of hydrogen-bond donors (Lipinski definition) is 1. The minimum absolute atomic E-state index is 0.461. The zero-order valence-electron chi connectivity index (χ0n) is 19.4. The number of nitrogens with one attached hydrogen (secondary N) is 1. The third kappa shape index (κ3) is 14.7. The van der Waals surface area contributed by atoms with Gasteiger partial charge in [0.2, 0.25) is 0 Å². The zero-order chi connectivity index (χ0) is 22.2. The van der Waals surface area contributed by atoms with Crippen LogP contribution in [-0.2, 0) is 21.8 Å². The molecule has 7 nitrogen and oxygen atoms in total. The van der Waals surface area contributed by atoms with Crippen LogP contribution < -0.4 is 5.32 Å². The Kier molecular flexibility index (Phi) is 11.1. The van der Waals surface area contributed by atoms with Crippen LogP contribution in [0.2, 0.25) is 65.0 Å². The molecule has 0 amide bonds. The molecule has 1 N–H and O–H groups in total. The van der Waals surface area contributed by atoms with E-state index in [1.165, 1.54) is 0 Å². The molecule has 0 saturated heterocycles. The second-order valence-corrected chi connectivity index (χ2v) is 26.7. The normalized spacial score (nSPS) is 14.5. The van der Waals surface area contributed by atoms with E-state index in [1.54, 1.807) is 6.92 Å². The fourth-order valence-corrected chi connectivity index (χ4v) is 17.2. The van der Waals surface area contributed by atoms with E-state index in [1.807, 2.05) is 0 Å². The summed E-state index contributed by atoms with van der Waals surface area (Å²) in [5.74, 6) is 0. The lowest BCUT2D eigenvalue weighted by Crippen LogP contribution is -2.60. The Labute approximate surface area is 175 Å². The smallest absolute Gasteiger partial charge is 0.417 e. The average Bonchev–Trinajstić information content (AvgIpc) is 2.37. The Hall–Kier alpha value is -0.282. The van der Waals surface area contributed by atoms with Gasteiger partial charge in [-0.2, -0.15) is 0 Å². The fraction of sp³-hybridized carbons (Fsp3) is 0.824. The predicted molar refractivity (Wildman–Crippen MR) is 124 cm³/mol. The van der Waals surface area contributed by atoms with E-state index in [0.29, 0.717) is 6.54 Å². The Morgan fingerprint density at radius 1 is 0.929 bits per heavy atom. The summed E-state index contributed by atoms with van der Waals surface area (Å²) in [4.78, 5) is 11.3. The van der Waals surface area contributed by atoms with Crippen molar-refractivity contribution < 1.29 is 26.6 Å². The molecule has 0 spiro atoms. The number of carbonyl (C=O) groups is 1. The van der Waals surface area contributed by atoms with Gasteiger partial charge in [0.25, 0.3) is 0 Å². The van der Waals surface area contributed by atoms with Crippen LogP contribution in [0.3, 0.4) is 0 Å². The Morgan fingerprint density at radius 2 is 1.36 bits per heavy atom. The van der Waals surface area contributed by atoms with E-state index in [-0.39, 0.29) is 0 Å². The summed E-state index contributed by atoms with van der Waals surface area (Å²) in [6.45, 7) is 25.3. The van der Waals surface area contributed by atoms with E-state index in [9.17, 15) is 4.79 Å². The molecule has 0 aliphatic rings. The van der Waals surface area contributed by atoms with Gasteiger partial charge >= 0.3 is 15.0 Å². The molecule has 0 rings (SSSR count). The molecular weight excluding hydrogens is 427 g/mol. The van der Waals surface area contributed by atoms with Crippen LogP contribution >= 0.6 is 0 Å². The molecule has 0 aromatic heterocycles. The van der Waals surface area contributed by atoms with Crippen LogP contribution in [0.5, 0.6) is 0 Å².